The van der Waals surface area contributed by atoms with E-state index in [0.717, 1.165) is 22.3 Å². The van der Waals surface area contributed by atoms with Crippen molar-refractivity contribution in [3.05, 3.63) is 90.1 Å². The molecule has 2 heterocycles. The van der Waals surface area contributed by atoms with Gasteiger partial charge >= 0.3 is 5.97 Å². The number of nitrogens with zero attached hydrogens (tertiary/aromatic N) is 2. The van der Waals surface area contributed by atoms with Crippen LogP contribution >= 0.6 is 0 Å². The van der Waals surface area contributed by atoms with Crippen molar-refractivity contribution in [2.24, 2.45) is 0 Å². The van der Waals surface area contributed by atoms with Crippen LogP contribution in [0, 0.1) is 0 Å². The molecular weight excluding hydrogens is 456 g/mol. The molecule has 1 fully saturated rings. The van der Waals surface area contributed by atoms with Crippen molar-refractivity contribution < 1.29 is 19.4 Å². The van der Waals surface area contributed by atoms with E-state index in [1.807, 2.05) is 65.6 Å². The van der Waals surface area contributed by atoms with Crippen LogP contribution in [0.4, 0.5) is 11.4 Å². The summed E-state index contributed by atoms with van der Waals surface area (Å²) in [5.74, 6) is -0.308. The van der Waals surface area contributed by atoms with Gasteiger partial charge in [-0.05, 0) is 42.5 Å². The number of carboxylic acids is 1. The maximum absolute atomic E-state index is 12.6. The van der Waals surface area contributed by atoms with E-state index in [0.29, 0.717) is 43.0 Å². The quantitative estimate of drug-likeness (QED) is 0.360. The normalized spacial score (nSPS) is 15.0. The van der Waals surface area contributed by atoms with E-state index in [9.17, 15) is 14.7 Å². The molecular formula is C28H28N4O4. The SMILES string of the molecule is COc1ccccc1N1CCN([C@@H](C(=O)O)c2c[nH]c3ccc(NC(=O)c4ccccc4)cc23)CC1. The molecule has 8 heteroatoms. The maximum atomic E-state index is 12.6. The van der Waals surface area contributed by atoms with Gasteiger partial charge in [-0.2, -0.15) is 0 Å². The van der Waals surface area contributed by atoms with Crippen LogP contribution in [0.2, 0.25) is 0 Å². The third-order valence-electron chi connectivity index (χ3n) is 6.64. The Hall–Kier alpha value is -4.30. The number of aromatic nitrogens is 1. The number of para-hydroxylation sites is 2. The number of rotatable bonds is 7. The van der Waals surface area contributed by atoms with Gasteiger partial charge in [-0.1, -0.05) is 30.3 Å². The Bertz CT molecular complexity index is 1380. The first-order valence-corrected chi connectivity index (χ1v) is 11.9. The number of benzene rings is 3. The fourth-order valence-corrected chi connectivity index (χ4v) is 4.84. The lowest BCUT2D eigenvalue weighted by molar-refractivity contribution is -0.143. The third-order valence-corrected chi connectivity index (χ3v) is 6.64. The first-order valence-electron chi connectivity index (χ1n) is 11.9. The van der Waals surface area contributed by atoms with E-state index in [1.54, 1.807) is 25.4 Å². The molecule has 36 heavy (non-hydrogen) atoms. The van der Waals surface area contributed by atoms with Crippen LogP contribution < -0.4 is 15.0 Å². The minimum absolute atomic E-state index is 0.214. The maximum Gasteiger partial charge on any atom is 0.325 e. The Kier molecular flexibility index (Phi) is 6.60. The van der Waals surface area contributed by atoms with Crippen LogP contribution in [-0.4, -0.2) is 60.2 Å². The number of hydrogen-bond acceptors (Lipinski definition) is 5. The highest BCUT2D eigenvalue weighted by Gasteiger charge is 2.32. The minimum atomic E-state index is -0.902. The molecule has 1 aliphatic heterocycles. The lowest BCUT2D eigenvalue weighted by Crippen LogP contribution is -2.49. The number of H-pyrrole nitrogens is 1. The van der Waals surface area contributed by atoms with Crippen molar-refractivity contribution >= 4 is 34.2 Å². The zero-order chi connectivity index (χ0) is 25.1. The van der Waals surface area contributed by atoms with E-state index >= 15 is 0 Å². The van der Waals surface area contributed by atoms with E-state index in [2.05, 4.69) is 15.2 Å². The number of ether oxygens (including phenoxy) is 1. The summed E-state index contributed by atoms with van der Waals surface area (Å²) in [4.78, 5) is 32.5. The number of aliphatic carboxylic acids is 1. The number of fused-ring (bicyclic) bond motifs is 1. The van der Waals surface area contributed by atoms with E-state index in [4.69, 9.17) is 4.74 Å². The molecule has 3 aromatic carbocycles. The molecule has 1 saturated heterocycles. The van der Waals surface area contributed by atoms with Crippen LogP contribution in [-0.2, 0) is 4.79 Å². The van der Waals surface area contributed by atoms with Crippen LogP contribution in [0.25, 0.3) is 10.9 Å². The number of aromatic amines is 1. The molecule has 1 atom stereocenters. The molecule has 184 valence electrons. The van der Waals surface area contributed by atoms with Crippen LogP contribution in [0.3, 0.4) is 0 Å². The molecule has 0 spiro atoms. The molecule has 0 saturated carbocycles. The predicted molar refractivity (Wildman–Crippen MR) is 140 cm³/mol. The van der Waals surface area contributed by atoms with Gasteiger partial charge in [0.1, 0.15) is 11.8 Å². The number of nitrogens with one attached hydrogen (secondary N) is 2. The molecule has 0 unspecified atom stereocenters. The molecule has 0 bridgehead atoms. The van der Waals surface area contributed by atoms with Gasteiger partial charge in [0.2, 0.25) is 0 Å². The number of carbonyl (C=O) groups is 2. The summed E-state index contributed by atoms with van der Waals surface area (Å²) in [6, 6.07) is 21.6. The highest BCUT2D eigenvalue weighted by atomic mass is 16.5. The van der Waals surface area contributed by atoms with E-state index in [-0.39, 0.29) is 5.91 Å². The zero-order valence-corrected chi connectivity index (χ0v) is 20.0. The van der Waals surface area contributed by atoms with Crippen molar-refractivity contribution in [2.45, 2.75) is 6.04 Å². The Morgan fingerprint density at radius 3 is 2.42 bits per heavy atom. The summed E-state index contributed by atoms with van der Waals surface area (Å²) >= 11 is 0. The monoisotopic (exact) mass is 484 g/mol. The summed E-state index contributed by atoms with van der Waals surface area (Å²) in [5, 5.41) is 13.9. The van der Waals surface area contributed by atoms with Crippen LogP contribution in [0.1, 0.15) is 22.0 Å². The van der Waals surface area contributed by atoms with Crippen molar-refractivity contribution in [3.63, 3.8) is 0 Å². The second-order valence-corrected chi connectivity index (χ2v) is 8.76. The summed E-state index contributed by atoms with van der Waals surface area (Å²) in [5.41, 5.74) is 3.68. The van der Waals surface area contributed by atoms with Gasteiger partial charge < -0.3 is 25.0 Å². The number of anilines is 2. The average molecular weight is 485 g/mol. The standard InChI is InChI=1S/C28H28N4O4/c1-36-25-10-6-5-9-24(25)31-13-15-32(16-14-31)26(28(34)35)22-18-29-23-12-11-20(17-21(22)23)30-27(33)19-7-3-2-4-8-19/h2-12,17-18,26,29H,13-16H2,1H3,(H,30,33)(H,34,35)/t26-/m1/s1. The van der Waals surface area contributed by atoms with Crippen molar-refractivity contribution in [1.82, 2.24) is 9.88 Å². The highest BCUT2D eigenvalue weighted by Crippen LogP contribution is 2.33. The van der Waals surface area contributed by atoms with Gasteiger partial charge in [0.15, 0.2) is 0 Å². The topological polar surface area (TPSA) is 97.9 Å². The second-order valence-electron chi connectivity index (χ2n) is 8.76. The van der Waals surface area contributed by atoms with Gasteiger partial charge in [-0.15, -0.1) is 0 Å². The Labute approximate surface area is 209 Å². The number of carbonyl (C=O) groups excluding carboxylic acids is 1. The molecule has 3 N–H and O–H groups in total. The Morgan fingerprint density at radius 1 is 0.972 bits per heavy atom. The predicted octanol–water partition coefficient (Wildman–Crippen LogP) is 4.38. The first kappa shape index (κ1) is 23.4. The van der Waals surface area contributed by atoms with Crippen molar-refractivity contribution in [2.75, 3.05) is 43.5 Å². The number of piperazine rings is 1. The van der Waals surface area contributed by atoms with Crippen LogP contribution in [0.5, 0.6) is 5.75 Å². The molecule has 1 aromatic heterocycles. The lowest BCUT2D eigenvalue weighted by atomic mass is 10.0. The van der Waals surface area contributed by atoms with E-state index in [1.165, 1.54) is 0 Å². The average Bonchev–Trinajstić information content (AvgIpc) is 3.32. The smallest absolute Gasteiger partial charge is 0.325 e. The third kappa shape index (κ3) is 4.63. The summed E-state index contributed by atoms with van der Waals surface area (Å²) in [6.45, 7) is 2.55. The number of methoxy groups -OCH3 is 1. The Balaban J connectivity index is 1.37. The van der Waals surface area contributed by atoms with Gasteiger partial charge in [0.25, 0.3) is 5.91 Å². The van der Waals surface area contributed by atoms with Crippen molar-refractivity contribution in [1.29, 1.82) is 0 Å². The number of hydrogen-bond donors (Lipinski definition) is 3. The minimum Gasteiger partial charge on any atom is -0.495 e. The fraction of sp³-hybridized carbons (Fsp3) is 0.214. The molecule has 5 rings (SSSR count). The van der Waals surface area contributed by atoms with Crippen molar-refractivity contribution in [3.8, 4) is 5.75 Å². The fourth-order valence-electron chi connectivity index (χ4n) is 4.84. The highest BCUT2D eigenvalue weighted by molar-refractivity contribution is 6.05. The molecule has 0 radical (unpaired) electrons. The van der Waals surface area contributed by atoms with Gasteiger partial charge in [0.05, 0.1) is 12.8 Å². The second kappa shape index (κ2) is 10.1. The van der Waals surface area contributed by atoms with E-state index < -0.39 is 12.0 Å². The molecule has 0 aliphatic carbocycles. The summed E-state index contributed by atoms with van der Waals surface area (Å²) in [7, 11) is 1.66. The molecule has 1 amide bonds. The zero-order valence-electron chi connectivity index (χ0n) is 20.0. The molecule has 8 nitrogen and oxygen atoms in total. The molecule has 1 aliphatic rings. The van der Waals surface area contributed by atoms with Gasteiger partial charge in [-0.25, -0.2) is 0 Å². The lowest BCUT2D eigenvalue weighted by Gasteiger charge is -2.39. The largest absolute Gasteiger partial charge is 0.495 e. The first-order chi connectivity index (χ1) is 17.5. The summed E-state index contributed by atoms with van der Waals surface area (Å²) in [6.07, 6.45) is 1.76. The number of carboxylic acid groups (broad SMARTS) is 1. The summed E-state index contributed by atoms with van der Waals surface area (Å²) < 4.78 is 5.50. The number of amides is 1. The van der Waals surface area contributed by atoms with Gasteiger partial charge in [-0.3, -0.25) is 14.5 Å². The van der Waals surface area contributed by atoms with Gasteiger partial charge in [0, 0.05) is 60.1 Å². The Morgan fingerprint density at radius 2 is 1.69 bits per heavy atom. The van der Waals surface area contributed by atoms with Crippen LogP contribution in [0.15, 0.2) is 79.0 Å². The molecule has 4 aromatic rings.